The van der Waals surface area contributed by atoms with E-state index in [1.165, 1.54) is 17.0 Å². The smallest absolute Gasteiger partial charge is 0.240 e. The van der Waals surface area contributed by atoms with Crippen molar-refractivity contribution in [2.45, 2.75) is 17.9 Å². The first kappa shape index (κ1) is 19.9. The van der Waals surface area contributed by atoms with Crippen molar-refractivity contribution in [2.24, 2.45) is 0 Å². The molecule has 0 aromatic heterocycles. The Morgan fingerprint density at radius 1 is 1.23 bits per heavy atom. The maximum atomic E-state index is 12.2. The fourth-order valence-electron chi connectivity index (χ4n) is 2.25. The zero-order valence-electron chi connectivity index (χ0n) is 14.1. The van der Waals surface area contributed by atoms with Crippen LogP contribution in [0.2, 0.25) is 5.02 Å². The second-order valence-electron chi connectivity index (χ2n) is 5.66. The van der Waals surface area contributed by atoms with E-state index in [9.17, 15) is 13.2 Å². The van der Waals surface area contributed by atoms with E-state index in [2.05, 4.69) is 4.72 Å². The molecule has 0 aliphatic heterocycles. The van der Waals surface area contributed by atoms with E-state index in [0.717, 1.165) is 5.56 Å². The van der Waals surface area contributed by atoms with E-state index in [0.29, 0.717) is 17.1 Å². The van der Waals surface area contributed by atoms with Crippen molar-refractivity contribution in [3.8, 4) is 6.07 Å². The largest absolute Gasteiger partial charge is 0.341 e. The molecule has 26 heavy (non-hydrogen) atoms. The lowest BCUT2D eigenvalue weighted by Crippen LogP contribution is -2.31. The summed E-state index contributed by atoms with van der Waals surface area (Å²) in [4.78, 5) is 13.7. The summed E-state index contributed by atoms with van der Waals surface area (Å²) in [5.41, 5.74) is 1.44. The molecule has 0 saturated heterocycles. The molecule has 0 heterocycles. The van der Waals surface area contributed by atoms with E-state index in [1.54, 1.807) is 43.4 Å². The molecular formula is C18H18ClN3O3S. The molecule has 0 fully saturated rings. The molecule has 0 bridgehead atoms. The maximum Gasteiger partial charge on any atom is 0.240 e. The van der Waals surface area contributed by atoms with Gasteiger partial charge in [0.1, 0.15) is 0 Å². The number of benzene rings is 2. The second-order valence-corrected chi connectivity index (χ2v) is 7.87. The van der Waals surface area contributed by atoms with Crippen LogP contribution in [0.4, 0.5) is 0 Å². The van der Waals surface area contributed by atoms with Gasteiger partial charge in [-0.2, -0.15) is 5.26 Å². The van der Waals surface area contributed by atoms with Crippen molar-refractivity contribution in [3.63, 3.8) is 0 Å². The van der Waals surface area contributed by atoms with Gasteiger partial charge in [-0.3, -0.25) is 4.79 Å². The number of carbonyl (C=O) groups excluding carboxylic acids is 1. The zero-order chi connectivity index (χ0) is 19.2. The fourth-order valence-corrected chi connectivity index (χ4v) is 3.58. The average molecular weight is 392 g/mol. The molecule has 2 rings (SSSR count). The molecule has 0 atom stereocenters. The van der Waals surface area contributed by atoms with Crippen molar-refractivity contribution in [3.05, 3.63) is 64.7 Å². The van der Waals surface area contributed by atoms with Crippen LogP contribution >= 0.6 is 11.6 Å². The molecule has 0 unspecified atom stereocenters. The van der Waals surface area contributed by atoms with Crippen molar-refractivity contribution >= 4 is 27.5 Å². The highest BCUT2D eigenvalue weighted by Gasteiger charge is 2.15. The molecule has 1 N–H and O–H groups in total. The van der Waals surface area contributed by atoms with Gasteiger partial charge in [-0.05, 0) is 35.9 Å². The van der Waals surface area contributed by atoms with E-state index in [-0.39, 0.29) is 23.8 Å². The Morgan fingerprint density at radius 3 is 2.54 bits per heavy atom. The molecule has 0 aliphatic carbocycles. The Bertz CT molecular complexity index is 921. The Morgan fingerprint density at radius 2 is 1.92 bits per heavy atom. The van der Waals surface area contributed by atoms with Crippen LogP contribution < -0.4 is 4.72 Å². The molecule has 0 radical (unpaired) electrons. The number of rotatable bonds is 7. The van der Waals surface area contributed by atoms with Gasteiger partial charge >= 0.3 is 0 Å². The highest BCUT2D eigenvalue weighted by Crippen LogP contribution is 2.15. The maximum absolute atomic E-state index is 12.2. The molecule has 1 amide bonds. The lowest BCUT2D eigenvalue weighted by Gasteiger charge is -2.17. The number of sulfonamides is 1. The number of carbonyl (C=O) groups is 1. The SMILES string of the molecule is CN(Cc1ccc(C#N)cc1)C(=O)CCNS(=O)(=O)c1cccc(Cl)c1. The van der Waals surface area contributed by atoms with Gasteiger partial charge in [-0.15, -0.1) is 0 Å². The molecule has 8 heteroatoms. The van der Waals surface area contributed by atoms with Crippen LogP contribution in [0.15, 0.2) is 53.4 Å². The van der Waals surface area contributed by atoms with Crippen LogP contribution in [-0.4, -0.2) is 32.8 Å². The van der Waals surface area contributed by atoms with Crippen LogP contribution in [0.5, 0.6) is 0 Å². The van der Waals surface area contributed by atoms with Gasteiger partial charge in [0, 0.05) is 31.6 Å². The third kappa shape index (κ3) is 5.56. The first-order chi connectivity index (χ1) is 12.3. The van der Waals surface area contributed by atoms with Gasteiger partial charge in [0.05, 0.1) is 16.5 Å². The summed E-state index contributed by atoms with van der Waals surface area (Å²) in [6.07, 6.45) is 0.0343. The second kappa shape index (κ2) is 8.81. The quantitative estimate of drug-likeness (QED) is 0.785. The molecule has 6 nitrogen and oxygen atoms in total. The van der Waals surface area contributed by atoms with Crippen molar-refractivity contribution < 1.29 is 13.2 Å². The Labute approximate surface area is 158 Å². The van der Waals surface area contributed by atoms with E-state index < -0.39 is 10.0 Å². The predicted octanol–water partition coefficient (Wildman–Crippen LogP) is 2.54. The number of hydrogen-bond acceptors (Lipinski definition) is 4. The average Bonchev–Trinajstić information content (AvgIpc) is 2.62. The number of hydrogen-bond donors (Lipinski definition) is 1. The van der Waals surface area contributed by atoms with Crippen LogP contribution in [0.1, 0.15) is 17.5 Å². The molecule has 0 saturated carbocycles. The first-order valence-electron chi connectivity index (χ1n) is 7.80. The van der Waals surface area contributed by atoms with E-state index in [4.69, 9.17) is 16.9 Å². The number of nitrogens with one attached hydrogen (secondary N) is 1. The predicted molar refractivity (Wildman–Crippen MR) is 98.9 cm³/mol. The molecule has 2 aromatic carbocycles. The minimum atomic E-state index is -3.71. The number of halogens is 1. The van der Waals surface area contributed by atoms with Gasteiger partial charge in [0.15, 0.2) is 0 Å². The number of nitriles is 1. The summed E-state index contributed by atoms with van der Waals surface area (Å²) in [7, 11) is -2.06. The lowest BCUT2D eigenvalue weighted by atomic mass is 10.1. The summed E-state index contributed by atoms with van der Waals surface area (Å²) in [6.45, 7) is 0.372. The fraction of sp³-hybridized carbons (Fsp3) is 0.222. The molecule has 0 spiro atoms. The Balaban J connectivity index is 1.86. The lowest BCUT2D eigenvalue weighted by molar-refractivity contribution is -0.130. The highest BCUT2D eigenvalue weighted by atomic mass is 35.5. The Hall–Kier alpha value is -2.40. The van der Waals surface area contributed by atoms with E-state index >= 15 is 0 Å². The third-order valence-corrected chi connectivity index (χ3v) is 5.36. The van der Waals surface area contributed by atoms with Crippen LogP contribution in [0.3, 0.4) is 0 Å². The minimum absolute atomic E-state index is 0.00854. The third-order valence-electron chi connectivity index (χ3n) is 3.67. The van der Waals surface area contributed by atoms with Crippen molar-refractivity contribution in [1.82, 2.24) is 9.62 Å². The van der Waals surface area contributed by atoms with Gasteiger partial charge in [0.2, 0.25) is 15.9 Å². The number of amides is 1. The summed E-state index contributed by atoms with van der Waals surface area (Å²) >= 11 is 5.80. The minimum Gasteiger partial charge on any atom is -0.341 e. The van der Waals surface area contributed by atoms with E-state index in [1.807, 2.05) is 6.07 Å². The van der Waals surface area contributed by atoms with Crippen molar-refractivity contribution in [1.29, 1.82) is 5.26 Å². The summed E-state index contributed by atoms with van der Waals surface area (Å²) in [5.74, 6) is -0.192. The first-order valence-corrected chi connectivity index (χ1v) is 9.66. The molecule has 136 valence electrons. The monoisotopic (exact) mass is 391 g/mol. The number of nitrogens with zero attached hydrogens (tertiary/aromatic N) is 2. The topological polar surface area (TPSA) is 90.3 Å². The Kier molecular flexibility index (Phi) is 6.75. The van der Waals surface area contributed by atoms with Crippen molar-refractivity contribution in [2.75, 3.05) is 13.6 Å². The van der Waals surface area contributed by atoms with Gasteiger partial charge in [0.25, 0.3) is 0 Å². The van der Waals surface area contributed by atoms with Crippen LogP contribution in [0.25, 0.3) is 0 Å². The van der Waals surface area contributed by atoms with Crippen LogP contribution in [0, 0.1) is 11.3 Å². The molecule has 0 aliphatic rings. The summed E-state index contributed by atoms with van der Waals surface area (Å²) in [6, 6.07) is 14.9. The summed E-state index contributed by atoms with van der Waals surface area (Å²) < 4.78 is 26.7. The molecule has 2 aromatic rings. The standard InChI is InChI=1S/C18H18ClN3O3S/c1-22(13-15-7-5-14(12-20)6-8-15)18(23)9-10-21-26(24,25)17-4-2-3-16(19)11-17/h2-8,11,21H,9-10,13H2,1H3. The van der Waals surface area contributed by atoms with Gasteiger partial charge in [-0.25, -0.2) is 13.1 Å². The van der Waals surface area contributed by atoms with Crippen LogP contribution in [-0.2, 0) is 21.4 Å². The normalized spacial score (nSPS) is 11.0. The van der Waals surface area contributed by atoms with Gasteiger partial charge < -0.3 is 4.90 Å². The van der Waals surface area contributed by atoms with Gasteiger partial charge in [-0.1, -0.05) is 29.8 Å². The zero-order valence-corrected chi connectivity index (χ0v) is 15.7. The highest BCUT2D eigenvalue weighted by molar-refractivity contribution is 7.89. The summed E-state index contributed by atoms with van der Waals surface area (Å²) in [5, 5.41) is 9.11. The molecular weight excluding hydrogens is 374 g/mol.